The van der Waals surface area contributed by atoms with Crippen molar-refractivity contribution in [3.63, 3.8) is 0 Å². The molecule has 0 bridgehead atoms. The monoisotopic (exact) mass is 339 g/mol. The summed E-state index contributed by atoms with van der Waals surface area (Å²) in [4.78, 5) is 24.7. The second-order valence-electron chi connectivity index (χ2n) is 5.95. The maximum absolute atomic E-state index is 12.0. The molecule has 1 fully saturated rings. The van der Waals surface area contributed by atoms with Crippen molar-refractivity contribution < 1.29 is 19.2 Å². The number of carbonyl (C=O) groups is 2. The van der Waals surface area contributed by atoms with Crippen molar-refractivity contribution in [2.45, 2.75) is 19.3 Å². The van der Waals surface area contributed by atoms with Crippen molar-refractivity contribution in [1.82, 2.24) is 5.32 Å². The predicted molar refractivity (Wildman–Crippen MR) is 88.5 cm³/mol. The lowest BCUT2D eigenvalue weighted by Gasteiger charge is -2.27. The molecule has 1 aliphatic heterocycles. The molecule has 126 valence electrons. The topological polar surface area (TPSA) is 59.8 Å². The first kappa shape index (κ1) is 17.8. The number of rotatable bonds is 6. The van der Waals surface area contributed by atoms with E-state index in [1.54, 1.807) is 0 Å². The van der Waals surface area contributed by atoms with E-state index in [1.165, 1.54) is 12.0 Å². The van der Waals surface area contributed by atoms with E-state index in [0.717, 1.165) is 42.9 Å². The minimum absolute atomic E-state index is 0.00304. The van der Waals surface area contributed by atoms with E-state index < -0.39 is 0 Å². The van der Waals surface area contributed by atoms with E-state index in [1.807, 2.05) is 24.3 Å². The van der Waals surface area contributed by atoms with E-state index in [-0.39, 0.29) is 17.8 Å². The van der Waals surface area contributed by atoms with Crippen LogP contribution in [-0.4, -0.2) is 45.2 Å². The van der Waals surface area contributed by atoms with Crippen LogP contribution >= 0.6 is 11.6 Å². The van der Waals surface area contributed by atoms with E-state index in [0.29, 0.717) is 13.1 Å². The summed E-state index contributed by atoms with van der Waals surface area (Å²) in [5.74, 6) is -0.0707. The second-order valence-corrected chi connectivity index (χ2v) is 6.39. The van der Waals surface area contributed by atoms with Gasteiger partial charge in [0.25, 0.3) is 5.91 Å². The Hall–Kier alpha value is -1.59. The first-order valence-electron chi connectivity index (χ1n) is 8.01. The van der Waals surface area contributed by atoms with Gasteiger partial charge in [-0.2, -0.15) is 0 Å². The highest BCUT2D eigenvalue weighted by molar-refractivity contribution is 6.30. The van der Waals surface area contributed by atoms with Crippen LogP contribution in [0, 0.1) is 5.92 Å². The summed E-state index contributed by atoms with van der Waals surface area (Å²) in [6, 6.07) is 7.65. The number of quaternary nitrogens is 1. The summed E-state index contributed by atoms with van der Waals surface area (Å²) in [6.07, 6.45) is 2.38. The Kier molecular flexibility index (Phi) is 6.86. The molecule has 1 saturated heterocycles. The SMILES string of the molecule is COC(=O)C1CC[NH+](CC(=O)NCCc2ccc(Cl)cc2)CC1. The lowest BCUT2D eigenvalue weighted by Crippen LogP contribution is -3.14. The van der Waals surface area contributed by atoms with Crippen LogP contribution in [0.5, 0.6) is 0 Å². The number of methoxy groups -OCH3 is 1. The molecule has 1 aromatic rings. The second kappa shape index (κ2) is 8.89. The fourth-order valence-corrected chi connectivity index (χ4v) is 3.02. The van der Waals surface area contributed by atoms with Crippen LogP contribution in [0.25, 0.3) is 0 Å². The Morgan fingerprint density at radius 2 is 1.91 bits per heavy atom. The average Bonchev–Trinajstić information content (AvgIpc) is 2.56. The molecule has 0 unspecified atom stereocenters. The first-order chi connectivity index (χ1) is 11.1. The van der Waals surface area contributed by atoms with Crippen LogP contribution in [-0.2, 0) is 20.7 Å². The van der Waals surface area contributed by atoms with Gasteiger partial charge in [-0.25, -0.2) is 0 Å². The Balaban J connectivity index is 1.64. The molecule has 0 aliphatic carbocycles. The number of ether oxygens (including phenoxy) is 1. The van der Waals surface area contributed by atoms with Gasteiger partial charge in [0.15, 0.2) is 6.54 Å². The van der Waals surface area contributed by atoms with Crippen molar-refractivity contribution in [2.24, 2.45) is 5.92 Å². The molecular weight excluding hydrogens is 316 g/mol. The summed E-state index contributed by atoms with van der Waals surface area (Å²) >= 11 is 5.84. The lowest BCUT2D eigenvalue weighted by atomic mass is 9.97. The maximum Gasteiger partial charge on any atom is 0.309 e. The highest BCUT2D eigenvalue weighted by Gasteiger charge is 2.28. The summed E-state index contributed by atoms with van der Waals surface area (Å²) in [5, 5.41) is 3.67. The minimum atomic E-state index is -0.128. The van der Waals surface area contributed by atoms with Crippen molar-refractivity contribution >= 4 is 23.5 Å². The van der Waals surface area contributed by atoms with E-state index in [4.69, 9.17) is 16.3 Å². The van der Waals surface area contributed by atoms with Crippen LogP contribution in [0.4, 0.5) is 0 Å². The van der Waals surface area contributed by atoms with Crippen LogP contribution in [0.2, 0.25) is 5.02 Å². The van der Waals surface area contributed by atoms with Crippen molar-refractivity contribution in [3.05, 3.63) is 34.9 Å². The quantitative estimate of drug-likeness (QED) is 0.741. The van der Waals surface area contributed by atoms with Crippen molar-refractivity contribution in [3.8, 4) is 0 Å². The van der Waals surface area contributed by atoms with E-state index in [9.17, 15) is 9.59 Å². The minimum Gasteiger partial charge on any atom is -0.469 e. The van der Waals surface area contributed by atoms with Gasteiger partial charge in [0.05, 0.1) is 26.1 Å². The van der Waals surface area contributed by atoms with Gasteiger partial charge >= 0.3 is 5.97 Å². The molecule has 0 saturated carbocycles. The maximum atomic E-state index is 12.0. The number of likely N-dealkylation sites (tertiary alicyclic amines) is 1. The number of piperidine rings is 1. The summed E-state index contributed by atoms with van der Waals surface area (Å²) < 4.78 is 4.77. The Labute approximate surface area is 141 Å². The predicted octanol–water partition coefficient (Wildman–Crippen LogP) is 0.467. The fraction of sp³-hybridized carbons (Fsp3) is 0.529. The van der Waals surface area contributed by atoms with Gasteiger partial charge in [-0.1, -0.05) is 23.7 Å². The van der Waals surface area contributed by atoms with E-state index in [2.05, 4.69) is 5.32 Å². The summed E-state index contributed by atoms with van der Waals surface area (Å²) in [7, 11) is 1.43. The normalized spacial score (nSPS) is 20.8. The molecule has 0 aromatic heterocycles. The third-order valence-corrected chi connectivity index (χ3v) is 4.54. The van der Waals surface area contributed by atoms with Gasteiger partial charge in [-0.05, 0) is 24.1 Å². The standard InChI is InChI=1S/C17H23ClN2O3/c1-23-17(22)14-7-10-20(11-8-14)12-16(21)19-9-6-13-2-4-15(18)5-3-13/h2-5,14H,6-12H2,1H3,(H,19,21)/p+1. The zero-order valence-corrected chi connectivity index (χ0v) is 14.2. The van der Waals surface area contributed by atoms with Crippen molar-refractivity contribution in [2.75, 3.05) is 33.3 Å². The molecule has 0 atom stereocenters. The number of halogens is 1. The van der Waals surface area contributed by atoms with Crippen molar-refractivity contribution in [1.29, 1.82) is 0 Å². The molecule has 1 aliphatic rings. The number of nitrogens with one attached hydrogen (secondary N) is 2. The van der Waals surface area contributed by atoms with Gasteiger partial charge in [0.1, 0.15) is 0 Å². The lowest BCUT2D eigenvalue weighted by molar-refractivity contribution is -0.897. The first-order valence-corrected chi connectivity index (χ1v) is 8.39. The molecule has 2 N–H and O–H groups in total. The van der Waals surface area contributed by atoms with Gasteiger partial charge in [0.2, 0.25) is 0 Å². The zero-order chi connectivity index (χ0) is 16.7. The summed E-state index contributed by atoms with van der Waals surface area (Å²) in [6.45, 7) is 2.77. The molecule has 0 radical (unpaired) electrons. The molecule has 23 heavy (non-hydrogen) atoms. The third kappa shape index (κ3) is 5.84. The van der Waals surface area contributed by atoms with Gasteiger partial charge < -0.3 is 15.0 Å². The molecule has 0 spiro atoms. The number of hydrogen-bond acceptors (Lipinski definition) is 3. The Bertz CT molecular complexity index is 525. The smallest absolute Gasteiger partial charge is 0.309 e. The summed E-state index contributed by atoms with van der Waals surface area (Å²) in [5.41, 5.74) is 1.15. The molecule has 5 nitrogen and oxygen atoms in total. The fourth-order valence-electron chi connectivity index (χ4n) is 2.89. The average molecular weight is 340 g/mol. The van der Waals surface area contributed by atoms with Crippen LogP contribution in [0.3, 0.4) is 0 Å². The van der Waals surface area contributed by atoms with Gasteiger partial charge in [-0.3, -0.25) is 9.59 Å². The Morgan fingerprint density at radius 1 is 1.26 bits per heavy atom. The number of esters is 1. The molecule has 6 heteroatoms. The number of amides is 1. The molecule has 1 heterocycles. The molecule has 1 amide bonds. The molecular formula is C17H24ClN2O3+. The van der Waals surface area contributed by atoms with Gasteiger partial charge in [-0.15, -0.1) is 0 Å². The highest BCUT2D eigenvalue weighted by atomic mass is 35.5. The van der Waals surface area contributed by atoms with Gasteiger partial charge in [0, 0.05) is 24.4 Å². The third-order valence-electron chi connectivity index (χ3n) is 4.29. The molecule has 2 rings (SSSR count). The zero-order valence-electron chi connectivity index (χ0n) is 13.4. The van der Waals surface area contributed by atoms with Crippen LogP contribution < -0.4 is 10.2 Å². The van der Waals surface area contributed by atoms with E-state index >= 15 is 0 Å². The largest absolute Gasteiger partial charge is 0.469 e. The number of carbonyl (C=O) groups excluding carboxylic acids is 2. The molecule has 1 aromatic carbocycles. The van der Waals surface area contributed by atoms with Crippen LogP contribution in [0.15, 0.2) is 24.3 Å². The van der Waals surface area contributed by atoms with Crippen LogP contribution in [0.1, 0.15) is 18.4 Å². The number of benzene rings is 1. The number of hydrogen-bond donors (Lipinski definition) is 2. The highest BCUT2D eigenvalue weighted by Crippen LogP contribution is 2.11. The Morgan fingerprint density at radius 3 is 2.52 bits per heavy atom.